The summed E-state index contributed by atoms with van der Waals surface area (Å²) in [6, 6.07) is 1.64. The molecule has 0 spiro atoms. The molecule has 0 saturated carbocycles. The van der Waals surface area contributed by atoms with Crippen LogP contribution in [0.25, 0.3) is 0 Å². The third-order valence-corrected chi connectivity index (χ3v) is 3.95. The van der Waals surface area contributed by atoms with E-state index in [1.807, 2.05) is 11.4 Å². The number of likely N-dealkylation sites (N-methyl/N-ethyl adjacent to an activating group) is 1. The molecule has 0 aliphatic heterocycles. The van der Waals surface area contributed by atoms with E-state index in [1.54, 1.807) is 30.3 Å². The molecule has 0 aliphatic carbocycles. The molecular formula is C10H14BrNO2S. The Labute approximate surface area is 102 Å². The van der Waals surface area contributed by atoms with Gasteiger partial charge in [-0.25, -0.2) is 0 Å². The van der Waals surface area contributed by atoms with Gasteiger partial charge < -0.3 is 5.11 Å². The van der Waals surface area contributed by atoms with Crippen molar-refractivity contribution in [2.45, 2.75) is 18.9 Å². The number of aliphatic carboxylic acids is 1. The van der Waals surface area contributed by atoms with E-state index >= 15 is 0 Å². The third-order valence-electron chi connectivity index (χ3n) is 2.19. The number of carboxylic acids is 1. The van der Waals surface area contributed by atoms with Crippen LogP contribution in [0, 0.1) is 0 Å². The standard InChI is InChI=1S/C10H14BrNO2S/c1-12(2)9(10(13)14)4-3-8-5-7(11)6-15-8/h5-6,9H,3-4H2,1-2H3,(H,13,14). The molecule has 84 valence electrons. The lowest BCUT2D eigenvalue weighted by Crippen LogP contribution is -2.35. The van der Waals surface area contributed by atoms with Crippen molar-refractivity contribution in [2.24, 2.45) is 0 Å². The van der Waals surface area contributed by atoms with Crippen molar-refractivity contribution in [3.05, 3.63) is 20.8 Å². The van der Waals surface area contributed by atoms with Crippen LogP contribution in [0.4, 0.5) is 0 Å². The van der Waals surface area contributed by atoms with Gasteiger partial charge in [-0.2, -0.15) is 0 Å². The summed E-state index contributed by atoms with van der Waals surface area (Å²) in [5, 5.41) is 11.0. The van der Waals surface area contributed by atoms with Crippen molar-refractivity contribution in [1.82, 2.24) is 4.90 Å². The molecule has 15 heavy (non-hydrogen) atoms. The average Bonchev–Trinajstić information content (AvgIpc) is 2.50. The number of rotatable bonds is 5. The summed E-state index contributed by atoms with van der Waals surface area (Å²) in [5.41, 5.74) is 0. The lowest BCUT2D eigenvalue weighted by atomic mass is 10.1. The van der Waals surface area contributed by atoms with Gasteiger partial charge in [0.05, 0.1) is 0 Å². The first-order valence-electron chi connectivity index (χ1n) is 4.63. The summed E-state index contributed by atoms with van der Waals surface area (Å²) in [5.74, 6) is -0.754. The van der Waals surface area contributed by atoms with Crippen molar-refractivity contribution in [3.63, 3.8) is 0 Å². The van der Waals surface area contributed by atoms with E-state index < -0.39 is 12.0 Å². The molecule has 1 unspecified atom stereocenters. The Kier molecular flexibility index (Phi) is 4.76. The molecule has 1 N–H and O–H groups in total. The highest BCUT2D eigenvalue weighted by Crippen LogP contribution is 2.21. The number of thiophene rings is 1. The molecule has 1 aromatic heterocycles. The zero-order valence-corrected chi connectivity index (χ0v) is 11.1. The molecule has 0 amide bonds. The van der Waals surface area contributed by atoms with Crippen molar-refractivity contribution in [2.75, 3.05) is 14.1 Å². The monoisotopic (exact) mass is 291 g/mol. The Morgan fingerprint density at radius 3 is 2.73 bits per heavy atom. The smallest absolute Gasteiger partial charge is 0.320 e. The molecule has 1 heterocycles. The predicted octanol–water partition coefficient (Wildman–Crippen LogP) is 2.46. The van der Waals surface area contributed by atoms with Gasteiger partial charge in [-0.05, 0) is 48.9 Å². The van der Waals surface area contributed by atoms with Gasteiger partial charge in [0.2, 0.25) is 0 Å². The highest BCUT2D eigenvalue weighted by atomic mass is 79.9. The Balaban J connectivity index is 2.50. The molecule has 1 aromatic rings. The van der Waals surface area contributed by atoms with Crippen LogP contribution in [0.15, 0.2) is 15.9 Å². The van der Waals surface area contributed by atoms with E-state index in [0.717, 1.165) is 10.9 Å². The molecule has 0 aromatic carbocycles. The van der Waals surface area contributed by atoms with Crippen molar-refractivity contribution < 1.29 is 9.90 Å². The molecule has 5 heteroatoms. The van der Waals surface area contributed by atoms with Gasteiger partial charge in [-0.1, -0.05) is 0 Å². The quantitative estimate of drug-likeness (QED) is 0.906. The topological polar surface area (TPSA) is 40.5 Å². The van der Waals surface area contributed by atoms with E-state index in [0.29, 0.717) is 6.42 Å². The first-order chi connectivity index (χ1) is 7.00. The lowest BCUT2D eigenvalue weighted by Gasteiger charge is -2.19. The summed E-state index contributed by atoms with van der Waals surface area (Å²) < 4.78 is 1.07. The Hall–Kier alpha value is -0.390. The molecule has 0 aliphatic rings. The van der Waals surface area contributed by atoms with E-state index in [2.05, 4.69) is 15.9 Å². The molecular weight excluding hydrogens is 278 g/mol. The summed E-state index contributed by atoms with van der Waals surface area (Å²) in [7, 11) is 3.59. The normalized spacial score (nSPS) is 13.1. The molecule has 0 saturated heterocycles. The average molecular weight is 292 g/mol. The predicted molar refractivity (Wildman–Crippen MR) is 65.5 cm³/mol. The number of nitrogens with zero attached hydrogens (tertiary/aromatic N) is 1. The number of carboxylic acid groups (broad SMARTS) is 1. The molecule has 1 atom stereocenters. The summed E-state index contributed by atoms with van der Waals surface area (Å²) >= 11 is 5.04. The van der Waals surface area contributed by atoms with E-state index in [-0.39, 0.29) is 0 Å². The number of hydrogen-bond acceptors (Lipinski definition) is 3. The molecule has 0 bridgehead atoms. The second-order valence-corrected chi connectivity index (χ2v) is 5.50. The zero-order valence-electron chi connectivity index (χ0n) is 8.74. The van der Waals surface area contributed by atoms with Gasteiger partial charge in [-0.15, -0.1) is 11.3 Å². The maximum atomic E-state index is 10.9. The van der Waals surface area contributed by atoms with Crippen molar-refractivity contribution >= 4 is 33.2 Å². The lowest BCUT2D eigenvalue weighted by molar-refractivity contribution is -0.142. The van der Waals surface area contributed by atoms with Gasteiger partial charge in [0.25, 0.3) is 0 Å². The SMILES string of the molecule is CN(C)C(CCc1cc(Br)cs1)C(=O)O. The van der Waals surface area contributed by atoms with Crippen LogP contribution in [0.3, 0.4) is 0 Å². The van der Waals surface area contributed by atoms with Crippen molar-refractivity contribution in [3.8, 4) is 0 Å². The zero-order chi connectivity index (χ0) is 11.4. The minimum absolute atomic E-state index is 0.397. The maximum absolute atomic E-state index is 10.9. The van der Waals surface area contributed by atoms with E-state index in [4.69, 9.17) is 5.11 Å². The van der Waals surface area contributed by atoms with Crippen LogP contribution in [0.5, 0.6) is 0 Å². The van der Waals surface area contributed by atoms with Gasteiger partial charge >= 0.3 is 5.97 Å². The first kappa shape index (κ1) is 12.7. The number of hydrogen-bond donors (Lipinski definition) is 1. The van der Waals surface area contributed by atoms with Gasteiger partial charge in [-0.3, -0.25) is 9.69 Å². The fraction of sp³-hybridized carbons (Fsp3) is 0.500. The maximum Gasteiger partial charge on any atom is 0.320 e. The number of carbonyl (C=O) groups is 1. The van der Waals surface area contributed by atoms with Crippen LogP contribution in [0.1, 0.15) is 11.3 Å². The Morgan fingerprint density at radius 1 is 1.67 bits per heavy atom. The van der Waals surface area contributed by atoms with E-state index in [9.17, 15) is 4.79 Å². The van der Waals surface area contributed by atoms with Crippen LogP contribution in [-0.4, -0.2) is 36.1 Å². The minimum Gasteiger partial charge on any atom is -0.480 e. The number of halogens is 1. The highest BCUT2D eigenvalue weighted by molar-refractivity contribution is 9.10. The van der Waals surface area contributed by atoms with Crippen molar-refractivity contribution in [1.29, 1.82) is 0 Å². The molecule has 0 fully saturated rings. The van der Waals surface area contributed by atoms with Gasteiger partial charge in [0.15, 0.2) is 0 Å². The Bertz CT molecular complexity index is 338. The summed E-state index contributed by atoms with van der Waals surface area (Å²) in [6.45, 7) is 0. The fourth-order valence-corrected chi connectivity index (χ4v) is 2.84. The summed E-state index contributed by atoms with van der Waals surface area (Å²) in [6.07, 6.45) is 1.46. The number of aryl methyl sites for hydroxylation is 1. The molecule has 3 nitrogen and oxygen atoms in total. The van der Waals surface area contributed by atoms with Gasteiger partial charge in [0, 0.05) is 14.7 Å². The molecule has 0 radical (unpaired) electrons. The second-order valence-electron chi connectivity index (χ2n) is 3.59. The first-order valence-corrected chi connectivity index (χ1v) is 6.30. The highest BCUT2D eigenvalue weighted by Gasteiger charge is 2.19. The van der Waals surface area contributed by atoms with Crippen LogP contribution in [0.2, 0.25) is 0 Å². The van der Waals surface area contributed by atoms with Crippen LogP contribution >= 0.6 is 27.3 Å². The largest absolute Gasteiger partial charge is 0.480 e. The van der Waals surface area contributed by atoms with Crippen LogP contribution < -0.4 is 0 Å². The third kappa shape index (κ3) is 3.93. The Morgan fingerprint density at radius 2 is 2.33 bits per heavy atom. The van der Waals surface area contributed by atoms with Gasteiger partial charge in [0.1, 0.15) is 6.04 Å². The molecule has 1 rings (SSSR count). The fourth-order valence-electron chi connectivity index (χ4n) is 1.37. The minimum atomic E-state index is -0.754. The second kappa shape index (κ2) is 5.63. The van der Waals surface area contributed by atoms with E-state index in [1.165, 1.54) is 4.88 Å². The summed E-state index contributed by atoms with van der Waals surface area (Å²) in [4.78, 5) is 13.9. The van der Waals surface area contributed by atoms with Crippen LogP contribution in [-0.2, 0) is 11.2 Å².